The minimum Gasteiger partial charge on any atom is -0.480 e. The summed E-state index contributed by atoms with van der Waals surface area (Å²) in [6.45, 7) is 5.62. The number of amides is 1. The van der Waals surface area contributed by atoms with Crippen molar-refractivity contribution in [2.24, 2.45) is 5.92 Å². The van der Waals surface area contributed by atoms with Crippen molar-refractivity contribution in [2.45, 2.75) is 45.1 Å². The van der Waals surface area contributed by atoms with Gasteiger partial charge in [-0.15, -0.1) is 6.58 Å². The molecule has 1 atom stereocenters. The Hall–Kier alpha value is -1.52. The molecule has 1 unspecified atom stereocenters. The summed E-state index contributed by atoms with van der Waals surface area (Å²) in [5.41, 5.74) is 0. The second-order valence-corrected chi connectivity index (χ2v) is 5.17. The molecule has 1 aliphatic carbocycles. The van der Waals surface area contributed by atoms with Gasteiger partial charge < -0.3 is 9.84 Å². The first-order valence-corrected chi connectivity index (χ1v) is 6.80. The van der Waals surface area contributed by atoms with Gasteiger partial charge in [-0.25, -0.2) is 4.79 Å². The van der Waals surface area contributed by atoms with Gasteiger partial charge in [0.1, 0.15) is 6.54 Å². The van der Waals surface area contributed by atoms with E-state index in [-0.39, 0.29) is 18.5 Å². The molecule has 1 fully saturated rings. The molecule has 5 heteroatoms. The lowest BCUT2D eigenvalue weighted by Crippen LogP contribution is -2.43. The third kappa shape index (κ3) is 5.32. The Labute approximate surface area is 114 Å². The van der Waals surface area contributed by atoms with Crippen LogP contribution in [0.3, 0.4) is 0 Å². The van der Waals surface area contributed by atoms with Crippen LogP contribution < -0.4 is 0 Å². The standard InChI is InChI=1S/C14H23NO4/c1-3-6-11(2)10-19-14(18)15(9-13(16)17)12-7-4-5-8-12/h3,11-12H,1,4-10H2,2H3,(H,16,17). The van der Waals surface area contributed by atoms with Crippen LogP contribution in [-0.4, -0.2) is 41.3 Å². The van der Waals surface area contributed by atoms with Crippen molar-refractivity contribution in [3.05, 3.63) is 12.7 Å². The molecule has 0 radical (unpaired) electrons. The topological polar surface area (TPSA) is 66.8 Å². The van der Waals surface area contributed by atoms with Crippen LogP contribution in [0.15, 0.2) is 12.7 Å². The van der Waals surface area contributed by atoms with E-state index in [1.165, 1.54) is 4.90 Å². The van der Waals surface area contributed by atoms with E-state index < -0.39 is 12.1 Å². The molecule has 0 aliphatic heterocycles. The molecular formula is C14H23NO4. The third-order valence-electron chi connectivity index (χ3n) is 3.37. The molecule has 1 N–H and O–H groups in total. The van der Waals surface area contributed by atoms with E-state index in [0.717, 1.165) is 32.1 Å². The van der Waals surface area contributed by atoms with Crippen molar-refractivity contribution in [3.8, 4) is 0 Å². The van der Waals surface area contributed by atoms with Crippen LogP contribution in [0.4, 0.5) is 4.79 Å². The molecule has 0 saturated heterocycles. The fourth-order valence-corrected chi connectivity index (χ4v) is 2.35. The van der Waals surface area contributed by atoms with Gasteiger partial charge in [-0.3, -0.25) is 9.69 Å². The molecule has 0 heterocycles. The fraction of sp³-hybridized carbons (Fsp3) is 0.714. The second kappa shape index (κ2) is 7.81. The van der Waals surface area contributed by atoms with Gasteiger partial charge >= 0.3 is 12.1 Å². The van der Waals surface area contributed by atoms with Crippen molar-refractivity contribution in [1.82, 2.24) is 4.90 Å². The van der Waals surface area contributed by atoms with E-state index >= 15 is 0 Å². The number of carboxylic acid groups (broad SMARTS) is 1. The van der Waals surface area contributed by atoms with Gasteiger partial charge in [-0.05, 0) is 25.2 Å². The van der Waals surface area contributed by atoms with Gasteiger partial charge in [0, 0.05) is 6.04 Å². The molecule has 108 valence electrons. The van der Waals surface area contributed by atoms with Crippen LogP contribution in [-0.2, 0) is 9.53 Å². The number of carbonyl (C=O) groups excluding carboxylic acids is 1. The van der Waals surface area contributed by atoms with Crippen LogP contribution in [0.1, 0.15) is 39.0 Å². The SMILES string of the molecule is C=CCC(C)COC(=O)N(CC(=O)O)C1CCCC1. The minimum absolute atomic E-state index is 0.0123. The Morgan fingerprint density at radius 1 is 1.47 bits per heavy atom. The van der Waals surface area contributed by atoms with Crippen LogP contribution in [0.25, 0.3) is 0 Å². The summed E-state index contributed by atoms with van der Waals surface area (Å²) in [6.07, 6.45) is 5.86. The third-order valence-corrected chi connectivity index (χ3v) is 3.37. The highest BCUT2D eigenvalue weighted by atomic mass is 16.6. The molecule has 0 aromatic carbocycles. The molecular weight excluding hydrogens is 246 g/mol. The Bertz CT molecular complexity index is 323. The second-order valence-electron chi connectivity index (χ2n) is 5.17. The van der Waals surface area contributed by atoms with Crippen LogP contribution >= 0.6 is 0 Å². The highest BCUT2D eigenvalue weighted by molar-refractivity contribution is 5.77. The van der Waals surface area contributed by atoms with E-state index in [4.69, 9.17) is 9.84 Å². The molecule has 0 bridgehead atoms. The van der Waals surface area contributed by atoms with Gasteiger partial charge in [0.25, 0.3) is 0 Å². The van der Waals surface area contributed by atoms with Crippen LogP contribution in [0, 0.1) is 5.92 Å². The lowest BCUT2D eigenvalue weighted by molar-refractivity contribution is -0.138. The predicted octanol–water partition coefficient (Wildman–Crippen LogP) is 2.66. The van der Waals surface area contributed by atoms with Crippen molar-refractivity contribution in [1.29, 1.82) is 0 Å². The summed E-state index contributed by atoms with van der Waals surface area (Å²) in [6, 6.07) is 0.0123. The summed E-state index contributed by atoms with van der Waals surface area (Å²) in [5, 5.41) is 8.89. The van der Waals surface area contributed by atoms with Crippen LogP contribution in [0.2, 0.25) is 0 Å². The summed E-state index contributed by atoms with van der Waals surface area (Å²) < 4.78 is 5.21. The number of allylic oxidation sites excluding steroid dienone is 1. The molecule has 0 aromatic rings. The quantitative estimate of drug-likeness (QED) is 0.721. The molecule has 1 aliphatic rings. The number of hydrogen-bond donors (Lipinski definition) is 1. The first-order valence-electron chi connectivity index (χ1n) is 6.80. The van der Waals surface area contributed by atoms with Gasteiger partial charge in [0.2, 0.25) is 0 Å². The van der Waals surface area contributed by atoms with Crippen LogP contribution in [0.5, 0.6) is 0 Å². The first kappa shape index (κ1) is 15.5. The average Bonchev–Trinajstić information content (AvgIpc) is 2.86. The summed E-state index contributed by atoms with van der Waals surface area (Å²) >= 11 is 0. The number of hydrogen-bond acceptors (Lipinski definition) is 3. The van der Waals surface area contributed by atoms with E-state index in [1.54, 1.807) is 6.08 Å². The highest BCUT2D eigenvalue weighted by Gasteiger charge is 2.29. The molecule has 0 spiro atoms. The zero-order valence-corrected chi connectivity index (χ0v) is 11.5. The zero-order chi connectivity index (χ0) is 14.3. The Morgan fingerprint density at radius 2 is 2.11 bits per heavy atom. The fourth-order valence-electron chi connectivity index (χ4n) is 2.35. The van der Waals surface area contributed by atoms with E-state index in [2.05, 4.69) is 6.58 Å². The Balaban J connectivity index is 2.50. The minimum atomic E-state index is -0.997. The van der Waals surface area contributed by atoms with Gasteiger partial charge in [0.15, 0.2) is 0 Å². The monoisotopic (exact) mass is 269 g/mol. The number of aliphatic carboxylic acids is 1. The lowest BCUT2D eigenvalue weighted by Gasteiger charge is -2.27. The smallest absolute Gasteiger partial charge is 0.410 e. The molecule has 19 heavy (non-hydrogen) atoms. The van der Waals surface area contributed by atoms with E-state index in [9.17, 15) is 9.59 Å². The summed E-state index contributed by atoms with van der Waals surface area (Å²) in [7, 11) is 0. The maximum atomic E-state index is 12.0. The number of nitrogens with zero attached hydrogens (tertiary/aromatic N) is 1. The lowest BCUT2D eigenvalue weighted by atomic mass is 10.1. The summed E-state index contributed by atoms with van der Waals surface area (Å²) in [4.78, 5) is 24.2. The normalized spacial score (nSPS) is 16.9. The van der Waals surface area contributed by atoms with E-state index in [0.29, 0.717) is 6.61 Å². The average molecular weight is 269 g/mol. The molecule has 1 saturated carbocycles. The largest absolute Gasteiger partial charge is 0.480 e. The number of carboxylic acids is 1. The first-order chi connectivity index (χ1) is 9.04. The predicted molar refractivity (Wildman–Crippen MR) is 71.9 cm³/mol. The van der Waals surface area contributed by atoms with Crippen molar-refractivity contribution < 1.29 is 19.4 Å². The number of rotatable bonds is 7. The van der Waals surface area contributed by atoms with Gasteiger partial charge in [0.05, 0.1) is 6.61 Å². The molecule has 1 rings (SSSR count). The Kier molecular flexibility index (Phi) is 6.39. The van der Waals surface area contributed by atoms with Crippen molar-refractivity contribution in [2.75, 3.05) is 13.2 Å². The maximum Gasteiger partial charge on any atom is 0.410 e. The summed E-state index contributed by atoms with van der Waals surface area (Å²) in [5.74, 6) is -0.792. The van der Waals surface area contributed by atoms with Gasteiger partial charge in [-0.2, -0.15) is 0 Å². The molecule has 0 aromatic heterocycles. The molecule has 5 nitrogen and oxygen atoms in total. The Morgan fingerprint density at radius 3 is 2.63 bits per heavy atom. The number of ether oxygens (including phenoxy) is 1. The van der Waals surface area contributed by atoms with E-state index in [1.807, 2.05) is 6.92 Å². The zero-order valence-electron chi connectivity index (χ0n) is 11.5. The maximum absolute atomic E-state index is 12.0. The molecule has 1 amide bonds. The number of carbonyl (C=O) groups is 2. The van der Waals surface area contributed by atoms with Crippen molar-refractivity contribution >= 4 is 12.1 Å². The van der Waals surface area contributed by atoms with Crippen molar-refractivity contribution in [3.63, 3.8) is 0 Å². The van der Waals surface area contributed by atoms with Gasteiger partial charge in [-0.1, -0.05) is 25.8 Å². The highest BCUT2D eigenvalue weighted by Crippen LogP contribution is 2.24.